The lowest BCUT2D eigenvalue weighted by molar-refractivity contribution is 0.389. The van der Waals surface area contributed by atoms with Gasteiger partial charge in [0.15, 0.2) is 10.2 Å². The van der Waals surface area contributed by atoms with Crippen molar-refractivity contribution in [2.75, 3.05) is 54.4 Å². The third kappa shape index (κ3) is 15.3. The maximum atomic E-state index is 5.48. The summed E-state index contributed by atoms with van der Waals surface area (Å²) in [6, 6.07) is 16.7. The molecule has 0 bridgehead atoms. The van der Waals surface area contributed by atoms with Crippen LogP contribution in [0.1, 0.15) is 75.3 Å². The quantitative estimate of drug-likeness (QED) is 0.0329. The number of fused-ring (bicyclic) bond motifs is 2. The predicted molar refractivity (Wildman–Crippen MR) is 215 cm³/mol. The maximum absolute atomic E-state index is 5.48. The Labute approximate surface area is 299 Å². The van der Waals surface area contributed by atoms with E-state index in [4.69, 9.17) is 24.4 Å². The van der Waals surface area contributed by atoms with Crippen LogP contribution in [0.2, 0.25) is 0 Å². The molecule has 0 saturated carbocycles. The molecule has 258 valence electrons. The van der Waals surface area contributed by atoms with Gasteiger partial charge in [-0.25, -0.2) is 0 Å². The summed E-state index contributed by atoms with van der Waals surface area (Å²) in [4.78, 5) is 4.48. The highest BCUT2D eigenvalue weighted by Gasteiger charge is 2.11. The summed E-state index contributed by atoms with van der Waals surface area (Å²) in [6.07, 6.45) is 15.9. The minimum Gasteiger partial charge on any atom is -0.361 e. The Morgan fingerprint density at radius 2 is 0.872 bits per heavy atom. The molecule has 0 spiro atoms. The zero-order chi connectivity index (χ0) is 33.0. The molecule has 0 aromatic heterocycles. The van der Waals surface area contributed by atoms with E-state index in [1.165, 1.54) is 51.4 Å². The van der Waals surface area contributed by atoms with Crippen LogP contribution in [-0.2, 0) is 0 Å². The van der Waals surface area contributed by atoms with Gasteiger partial charge in [0, 0.05) is 24.2 Å². The highest BCUT2D eigenvalue weighted by Crippen LogP contribution is 2.31. The number of hydrazone groups is 2. The number of nitrogens with zero attached hydrogens (tertiary/aromatic N) is 4. The van der Waals surface area contributed by atoms with Gasteiger partial charge in [-0.1, -0.05) is 87.1 Å². The van der Waals surface area contributed by atoms with Crippen molar-refractivity contribution in [1.29, 1.82) is 0 Å². The Balaban J connectivity index is 0.00000768. The van der Waals surface area contributed by atoms with E-state index in [1.807, 2.05) is 12.4 Å². The first-order valence-corrected chi connectivity index (χ1v) is 17.5. The molecule has 8 nitrogen and oxygen atoms in total. The fourth-order valence-electron chi connectivity index (χ4n) is 5.43. The first kappa shape index (κ1) is 40.3. The fraction of sp³-hybridized carbons (Fsp3) is 0.500. The van der Waals surface area contributed by atoms with Crippen molar-refractivity contribution >= 4 is 81.0 Å². The number of rotatable bonds is 20. The van der Waals surface area contributed by atoms with Gasteiger partial charge < -0.3 is 20.4 Å². The number of hydrogen-bond donors (Lipinski definition) is 4. The summed E-state index contributed by atoms with van der Waals surface area (Å²) in [5.74, 6) is 0. The van der Waals surface area contributed by atoms with Crippen LogP contribution in [0.5, 0.6) is 0 Å². The van der Waals surface area contributed by atoms with Gasteiger partial charge in [0.2, 0.25) is 0 Å². The molecule has 0 amide bonds. The maximum Gasteiger partial charge on any atom is 0.186 e. The summed E-state index contributed by atoms with van der Waals surface area (Å²) in [5.41, 5.74) is 8.08. The number of nitrogens with one attached hydrogen (secondary N) is 4. The number of halogens is 1. The Morgan fingerprint density at radius 3 is 1.21 bits per heavy atom. The van der Waals surface area contributed by atoms with Crippen molar-refractivity contribution in [3.8, 4) is 0 Å². The average Bonchev–Trinajstić information content (AvgIpc) is 3.04. The molecule has 0 heterocycles. The van der Waals surface area contributed by atoms with Gasteiger partial charge in [-0.05, 0) is 113 Å². The van der Waals surface area contributed by atoms with Crippen LogP contribution in [0.25, 0.3) is 21.5 Å². The van der Waals surface area contributed by atoms with Crippen molar-refractivity contribution in [3.05, 3.63) is 59.7 Å². The van der Waals surface area contributed by atoms with E-state index >= 15 is 0 Å². The van der Waals surface area contributed by atoms with Crippen LogP contribution in [0.4, 0.5) is 0 Å². The Bertz CT molecular complexity index is 1260. The second kappa shape index (κ2) is 23.4. The van der Waals surface area contributed by atoms with Gasteiger partial charge in [0.1, 0.15) is 0 Å². The summed E-state index contributed by atoms with van der Waals surface area (Å²) in [7, 11) is 8.51. The van der Waals surface area contributed by atoms with Crippen LogP contribution in [0, 0.1) is 0 Å². The second-order valence-corrected chi connectivity index (χ2v) is 13.1. The number of benzene rings is 3. The van der Waals surface area contributed by atoms with Crippen LogP contribution in [-0.4, -0.2) is 86.8 Å². The molecule has 0 radical (unpaired) electrons. The average molecular weight is 699 g/mol. The summed E-state index contributed by atoms with van der Waals surface area (Å²) in [5, 5.41) is 21.0. The molecule has 47 heavy (non-hydrogen) atoms. The van der Waals surface area contributed by atoms with E-state index in [1.54, 1.807) is 0 Å². The minimum absolute atomic E-state index is 0. The molecule has 0 aliphatic rings. The van der Waals surface area contributed by atoms with Crippen LogP contribution < -0.4 is 21.5 Å². The fourth-order valence-corrected chi connectivity index (χ4v) is 5.74. The Kier molecular flexibility index (Phi) is 20.1. The molecular formula is C36H55ClN8S2. The standard InChI is InChI=1S/C36H54N8S2.ClH/c1-43(2)25-17-9-5-7-15-23-37-35(45)41-39-27-33-29-19-11-13-21-31(29)34(32-22-14-12-20-30(32)33)28-40-42-36(46)38-24-16-8-6-10-18-26-44(3)4;/h11-14,19-22,27-28H,5-10,15-18,23-26H2,1-4H3,(H2,37,41,45)(H2,38,42,46);1H/b39-27+,40-28+;. The van der Waals surface area contributed by atoms with Gasteiger partial charge in [-0.3, -0.25) is 10.9 Å². The largest absolute Gasteiger partial charge is 0.361 e. The topological polar surface area (TPSA) is 79.3 Å². The van der Waals surface area contributed by atoms with Crippen LogP contribution in [0.3, 0.4) is 0 Å². The van der Waals surface area contributed by atoms with Crippen molar-refractivity contribution in [2.24, 2.45) is 10.2 Å². The molecule has 0 aliphatic carbocycles. The monoisotopic (exact) mass is 698 g/mol. The molecule has 0 aliphatic heterocycles. The molecule has 3 aromatic rings. The second-order valence-electron chi connectivity index (χ2n) is 12.3. The van der Waals surface area contributed by atoms with Crippen molar-refractivity contribution in [2.45, 2.75) is 64.2 Å². The number of unbranched alkanes of at least 4 members (excludes halogenated alkanes) is 8. The first-order valence-electron chi connectivity index (χ1n) is 16.7. The lowest BCUT2D eigenvalue weighted by atomic mass is 9.92. The first-order chi connectivity index (χ1) is 22.4. The molecule has 0 saturated heterocycles. The normalized spacial score (nSPS) is 11.5. The zero-order valence-corrected chi connectivity index (χ0v) is 31.1. The van der Waals surface area contributed by atoms with Crippen molar-refractivity contribution < 1.29 is 0 Å². The summed E-state index contributed by atoms with van der Waals surface area (Å²) < 4.78 is 0. The van der Waals surface area contributed by atoms with E-state index < -0.39 is 0 Å². The third-order valence-electron chi connectivity index (χ3n) is 7.87. The molecule has 4 N–H and O–H groups in total. The van der Waals surface area contributed by atoms with Crippen LogP contribution in [0.15, 0.2) is 58.7 Å². The van der Waals surface area contributed by atoms with E-state index in [0.29, 0.717) is 10.2 Å². The molecule has 3 rings (SSSR count). The smallest absolute Gasteiger partial charge is 0.186 e. The van der Waals surface area contributed by atoms with E-state index in [2.05, 4.69) is 118 Å². The zero-order valence-electron chi connectivity index (χ0n) is 28.7. The van der Waals surface area contributed by atoms with Gasteiger partial charge in [-0.15, -0.1) is 12.4 Å². The van der Waals surface area contributed by atoms with Gasteiger partial charge in [-0.2, -0.15) is 10.2 Å². The summed E-state index contributed by atoms with van der Waals surface area (Å²) in [6.45, 7) is 4.01. The van der Waals surface area contributed by atoms with Gasteiger partial charge >= 0.3 is 0 Å². The summed E-state index contributed by atoms with van der Waals surface area (Å²) >= 11 is 11.0. The molecule has 0 atom stereocenters. The Morgan fingerprint density at radius 1 is 0.553 bits per heavy atom. The van der Waals surface area contributed by atoms with Gasteiger partial charge in [0.25, 0.3) is 0 Å². The van der Waals surface area contributed by atoms with Gasteiger partial charge in [0.05, 0.1) is 12.4 Å². The molecule has 3 aromatic carbocycles. The Hall–Kier alpha value is -2.89. The van der Waals surface area contributed by atoms with Crippen molar-refractivity contribution in [1.82, 2.24) is 31.3 Å². The van der Waals surface area contributed by atoms with Crippen molar-refractivity contribution in [3.63, 3.8) is 0 Å². The minimum atomic E-state index is 0. The molecule has 0 fully saturated rings. The number of thiocarbonyl (C=S) groups is 2. The van der Waals surface area contributed by atoms with E-state index in [9.17, 15) is 0 Å². The van der Waals surface area contributed by atoms with E-state index in [-0.39, 0.29) is 12.4 Å². The highest BCUT2D eigenvalue weighted by atomic mass is 35.5. The van der Waals surface area contributed by atoms with E-state index in [0.717, 1.165) is 71.7 Å². The lowest BCUT2D eigenvalue weighted by Gasteiger charge is -2.13. The SMILES string of the molecule is CN(C)CCCCCCCNC(=S)N/N=C/c1c2ccccc2c(/C=N/NC(=S)NCCCCCCCN(C)C)c2ccccc12.Cl. The molecule has 11 heteroatoms. The lowest BCUT2D eigenvalue weighted by Crippen LogP contribution is -2.32. The highest BCUT2D eigenvalue weighted by molar-refractivity contribution is 7.80. The predicted octanol–water partition coefficient (Wildman–Crippen LogP) is 7.04. The molecule has 0 unspecified atom stereocenters. The number of hydrogen-bond acceptors (Lipinski definition) is 6. The molecular weight excluding hydrogens is 644 g/mol. The van der Waals surface area contributed by atoms with Crippen LogP contribution >= 0.6 is 36.8 Å². The third-order valence-corrected chi connectivity index (χ3v) is 8.34.